The highest BCUT2D eigenvalue weighted by Crippen LogP contribution is 2.27. The second kappa shape index (κ2) is 10.2. The van der Waals surface area contributed by atoms with Crippen LogP contribution < -0.4 is 5.32 Å². The molecule has 2 aromatic carbocycles. The maximum absolute atomic E-state index is 12.4. The zero-order chi connectivity index (χ0) is 22.5. The van der Waals surface area contributed by atoms with Gasteiger partial charge in [-0.25, -0.2) is 9.97 Å². The van der Waals surface area contributed by atoms with Crippen LogP contribution in [0.15, 0.2) is 76.1 Å². The van der Waals surface area contributed by atoms with Crippen LogP contribution in [0.25, 0.3) is 5.69 Å². The number of thioether (sulfide) groups is 1. The number of aryl methyl sites for hydroxylation is 2. The summed E-state index contributed by atoms with van der Waals surface area (Å²) in [5.74, 6) is 0.0697. The van der Waals surface area contributed by atoms with Crippen molar-refractivity contribution in [3.05, 3.63) is 77.3 Å². The summed E-state index contributed by atoms with van der Waals surface area (Å²) >= 11 is 8.86. The van der Waals surface area contributed by atoms with Gasteiger partial charge in [-0.15, -0.1) is 10.2 Å². The number of carbonyl (C=O) groups excluding carboxylic acids is 1. The van der Waals surface area contributed by atoms with Crippen LogP contribution in [0.5, 0.6) is 0 Å². The quantitative estimate of drug-likeness (QED) is 0.286. The SMILES string of the molecule is Cc1cc(C)nc(Sc2ccc(NC(=O)CSc3nncn3-c3cccc(Cl)c3)cc2)n1. The van der Waals surface area contributed by atoms with Gasteiger partial charge in [0.05, 0.1) is 11.4 Å². The standard InChI is InChI=1S/C22H19ClN6OS2/c1-14-10-15(2)26-21(25-14)32-19-8-6-17(7-9-19)27-20(30)12-31-22-28-24-13-29(22)18-5-3-4-16(23)11-18/h3-11,13H,12H2,1-2H3,(H,27,30). The molecule has 4 aromatic rings. The van der Waals surface area contributed by atoms with Gasteiger partial charge in [0.1, 0.15) is 6.33 Å². The normalized spacial score (nSPS) is 10.8. The number of nitrogens with one attached hydrogen (secondary N) is 1. The number of carbonyl (C=O) groups is 1. The molecule has 0 radical (unpaired) electrons. The van der Waals surface area contributed by atoms with E-state index in [1.54, 1.807) is 17.0 Å². The average molecular weight is 483 g/mol. The summed E-state index contributed by atoms with van der Waals surface area (Å²) in [4.78, 5) is 22.3. The van der Waals surface area contributed by atoms with E-state index in [9.17, 15) is 4.79 Å². The lowest BCUT2D eigenvalue weighted by Crippen LogP contribution is -2.14. The highest BCUT2D eigenvalue weighted by molar-refractivity contribution is 7.99. The molecule has 0 saturated carbocycles. The van der Waals surface area contributed by atoms with Crippen LogP contribution in [0.2, 0.25) is 5.02 Å². The molecule has 0 aliphatic heterocycles. The summed E-state index contributed by atoms with van der Waals surface area (Å²) in [6.45, 7) is 3.90. The Morgan fingerprint density at radius 2 is 1.81 bits per heavy atom. The first-order chi connectivity index (χ1) is 15.5. The minimum atomic E-state index is -0.131. The molecule has 0 aliphatic rings. The molecule has 2 aromatic heterocycles. The molecule has 0 saturated heterocycles. The summed E-state index contributed by atoms with van der Waals surface area (Å²) in [6.07, 6.45) is 1.60. The van der Waals surface area contributed by atoms with Crippen molar-refractivity contribution >= 4 is 46.7 Å². The molecule has 2 heterocycles. The largest absolute Gasteiger partial charge is 0.325 e. The number of aromatic nitrogens is 5. The van der Waals surface area contributed by atoms with Crippen molar-refractivity contribution in [2.75, 3.05) is 11.1 Å². The van der Waals surface area contributed by atoms with E-state index in [2.05, 4.69) is 25.5 Å². The molecular weight excluding hydrogens is 464 g/mol. The molecule has 1 N–H and O–H groups in total. The number of hydrogen-bond acceptors (Lipinski definition) is 7. The van der Waals surface area contributed by atoms with Gasteiger partial charge in [0.15, 0.2) is 10.3 Å². The van der Waals surface area contributed by atoms with Crippen LogP contribution in [-0.4, -0.2) is 36.4 Å². The number of hydrogen-bond donors (Lipinski definition) is 1. The second-order valence-corrected chi connectivity index (χ2v) is 9.28. The molecule has 0 fully saturated rings. The van der Waals surface area contributed by atoms with Gasteiger partial charge in [0.2, 0.25) is 5.91 Å². The molecular formula is C22H19ClN6OS2. The predicted octanol–water partition coefficient (Wildman–Crippen LogP) is 5.21. The summed E-state index contributed by atoms with van der Waals surface area (Å²) in [6, 6.07) is 16.9. The highest BCUT2D eigenvalue weighted by atomic mass is 35.5. The number of nitrogens with zero attached hydrogens (tertiary/aromatic N) is 5. The van der Waals surface area contributed by atoms with E-state index < -0.39 is 0 Å². The van der Waals surface area contributed by atoms with Crippen molar-refractivity contribution in [2.45, 2.75) is 29.1 Å². The zero-order valence-corrected chi connectivity index (χ0v) is 19.7. The Balaban J connectivity index is 1.34. The van der Waals surface area contributed by atoms with E-state index in [0.717, 1.165) is 27.7 Å². The van der Waals surface area contributed by atoms with E-state index >= 15 is 0 Å². The number of benzene rings is 2. The Morgan fingerprint density at radius 1 is 1.06 bits per heavy atom. The Bertz CT molecular complexity index is 1230. The number of anilines is 1. The van der Waals surface area contributed by atoms with Gasteiger partial charge >= 0.3 is 0 Å². The topological polar surface area (TPSA) is 85.6 Å². The molecule has 10 heteroatoms. The third-order valence-electron chi connectivity index (χ3n) is 4.24. The molecule has 0 atom stereocenters. The predicted molar refractivity (Wildman–Crippen MR) is 128 cm³/mol. The van der Waals surface area contributed by atoms with Crippen molar-refractivity contribution in [1.82, 2.24) is 24.7 Å². The minimum Gasteiger partial charge on any atom is -0.325 e. The minimum absolute atomic E-state index is 0.131. The number of rotatable bonds is 7. The molecule has 0 aliphatic carbocycles. The van der Waals surface area contributed by atoms with Gasteiger partial charge < -0.3 is 5.32 Å². The third kappa shape index (κ3) is 5.87. The van der Waals surface area contributed by atoms with Crippen molar-refractivity contribution in [3.63, 3.8) is 0 Å². The molecule has 1 amide bonds. The Kier molecular flexibility index (Phi) is 7.09. The zero-order valence-electron chi connectivity index (χ0n) is 17.3. The maximum Gasteiger partial charge on any atom is 0.234 e. The second-order valence-electron chi connectivity index (χ2n) is 6.86. The number of halogens is 1. The summed E-state index contributed by atoms with van der Waals surface area (Å²) in [7, 11) is 0. The van der Waals surface area contributed by atoms with Gasteiger partial charge in [-0.1, -0.05) is 29.4 Å². The highest BCUT2D eigenvalue weighted by Gasteiger charge is 2.11. The van der Waals surface area contributed by atoms with Gasteiger partial charge in [-0.2, -0.15) is 0 Å². The lowest BCUT2D eigenvalue weighted by atomic mass is 10.3. The van der Waals surface area contributed by atoms with Gasteiger partial charge in [-0.05, 0) is 74.1 Å². The molecule has 4 rings (SSSR count). The summed E-state index contributed by atoms with van der Waals surface area (Å²) < 4.78 is 1.80. The fraction of sp³-hybridized carbons (Fsp3) is 0.136. The summed E-state index contributed by atoms with van der Waals surface area (Å²) in [5.41, 5.74) is 3.43. The third-order valence-corrected chi connectivity index (χ3v) is 6.30. The van der Waals surface area contributed by atoms with Gasteiger partial charge in [-0.3, -0.25) is 9.36 Å². The van der Waals surface area contributed by atoms with Crippen LogP contribution >= 0.6 is 35.1 Å². The van der Waals surface area contributed by atoms with Crippen LogP contribution in [0.4, 0.5) is 5.69 Å². The molecule has 0 spiro atoms. The van der Waals surface area contributed by atoms with E-state index in [4.69, 9.17) is 11.6 Å². The number of amides is 1. The van der Waals surface area contributed by atoms with Gasteiger partial charge in [0, 0.05) is 27.0 Å². The summed E-state index contributed by atoms with van der Waals surface area (Å²) in [5, 5.41) is 12.9. The first kappa shape index (κ1) is 22.3. The Labute approximate surface area is 199 Å². The average Bonchev–Trinajstić information content (AvgIpc) is 3.22. The lowest BCUT2D eigenvalue weighted by Gasteiger charge is -2.08. The van der Waals surface area contributed by atoms with Crippen molar-refractivity contribution < 1.29 is 4.79 Å². The van der Waals surface area contributed by atoms with Crippen LogP contribution in [0.3, 0.4) is 0 Å². The van der Waals surface area contributed by atoms with Crippen molar-refractivity contribution in [3.8, 4) is 5.69 Å². The Morgan fingerprint density at radius 3 is 2.53 bits per heavy atom. The van der Waals surface area contributed by atoms with E-state index in [1.165, 1.54) is 23.5 Å². The van der Waals surface area contributed by atoms with Crippen LogP contribution in [0.1, 0.15) is 11.4 Å². The van der Waals surface area contributed by atoms with E-state index in [1.807, 2.05) is 62.4 Å². The van der Waals surface area contributed by atoms with Crippen molar-refractivity contribution in [2.24, 2.45) is 0 Å². The molecule has 162 valence electrons. The van der Waals surface area contributed by atoms with E-state index in [-0.39, 0.29) is 11.7 Å². The first-order valence-corrected chi connectivity index (χ1v) is 11.8. The van der Waals surface area contributed by atoms with E-state index in [0.29, 0.717) is 15.3 Å². The van der Waals surface area contributed by atoms with Gasteiger partial charge in [0.25, 0.3) is 0 Å². The maximum atomic E-state index is 12.4. The molecule has 0 unspecified atom stereocenters. The molecule has 0 bridgehead atoms. The molecule has 7 nitrogen and oxygen atoms in total. The fourth-order valence-corrected chi connectivity index (χ4v) is 4.68. The Hall–Kier alpha value is -2.88. The van der Waals surface area contributed by atoms with Crippen molar-refractivity contribution in [1.29, 1.82) is 0 Å². The van der Waals surface area contributed by atoms with Crippen LogP contribution in [-0.2, 0) is 4.79 Å². The molecule has 32 heavy (non-hydrogen) atoms. The smallest absolute Gasteiger partial charge is 0.234 e. The fourth-order valence-electron chi connectivity index (χ4n) is 2.90. The monoisotopic (exact) mass is 482 g/mol. The van der Waals surface area contributed by atoms with Crippen LogP contribution in [0, 0.1) is 13.8 Å². The lowest BCUT2D eigenvalue weighted by molar-refractivity contribution is -0.113. The first-order valence-electron chi connectivity index (χ1n) is 9.65.